The molecule has 4 N–H and O–H groups in total. The molecule has 0 aliphatic heterocycles. The number of aromatic hydroxyl groups is 1. The number of hydrogen-bond donors (Lipinski definition) is 3. The van der Waals surface area contributed by atoms with E-state index >= 15 is 0 Å². The molecule has 0 fully saturated rings. The van der Waals surface area contributed by atoms with Crippen LogP contribution in [-0.2, 0) is 10.0 Å². The lowest BCUT2D eigenvalue weighted by Crippen LogP contribution is -2.11. The number of nitrogens with one attached hydrogen (secondary N) is 1. The molecule has 0 bridgehead atoms. The van der Waals surface area contributed by atoms with Crippen molar-refractivity contribution in [3.05, 3.63) is 50.0 Å². The van der Waals surface area contributed by atoms with Crippen molar-refractivity contribution in [2.45, 2.75) is 4.90 Å². The third-order valence-electron chi connectivity index (χ3n) is 2.64. The zero-order valence-electron chi connectivity index (χ0n) is 11.0. The number of hydrazone groups is 1. The van der Waals surface area contributed by atoms with Gasteiger partial charge >= 0.3 is 0 Å². The molecule has 6 nitrogen and oxygen atoms in total. The Labute approximate surface area is 149 Å². The van der Waals surface area contributed by atoms with E-state index in [1.54, 1.807) is 24.3 Å². The molecule has 0 amide bonds. The van der Waals surface area contributed by atoms with Crippen molar-refractivity contribution in [2.24, 2.45) is 10.2 Å². The van der Waals surface area contributed by atoms with Gasteiger partial charge in [0.25, 0.3) is 0 Å². The van der Waals surface area contributed by atoms with Gasteiger partial charge in [-0.3, -0.25) is 5.43 Å². The molecular formula is C13H11BrIN3O3S. The standard InChI is InChI=1S/C13H11BrIN3O3S/c14-9-5-8(13(19)12(15)6-9)7-17-18-10-1-3-11(4-2-10)22(16,20)21/h1-7,18-19H,(H2,16,20,21)/b17-7-. The van der Waals surface area contributed by atoms with Gasteiger partial charge in [-0.2, -0.15) is 5.10 Å². The molecule has 0 aliphatic rings. The smallest absolute Gasteiger partial charge is 0.238 e. The molecule has 2 aromatic rings. The summed E-state index contributed by atoms with van der Waals surface area (Å²) in [6.07, 6.45) is 1.47. The van der Waals surface area contributed by atoms with Gasteiger partial charge in [0.15, 0.2) is 0 Å². The van der Waals surface area contributed by atoms with Crippen molar-refractivity contribution < 1.29 is 13.5 Å². The highest BCUT2D eigenvalue weighted by atomic mass is 127. The first-order valence-corrected chi connectivity index (χ1v) is 9.29. The normalized spacial score (nSPS) is 11.8. The monoisotopic (exact) mass is 495 g/mol. The van der Waals surface area contributed by atoms with Crippen molar-refractivity contribution in [2.75, 3.05) is 5.43 Å². The summed E-state index contributed by atoms with van der Waals surface area (Å²) in [4.78, 5) is 0.0289. The number of phenolic OH excluding ortho intramolecular Hbond substituents is 1. The summed E-state index contributed by atoms with van der Waals surface area (Å²) in [6.45, 7) is 0. The van der Waals surface area contributed by atoms with E-state index < -0.39 is 10.0 Å². The van der Waals surface area contributed by atoms with Crippen LogP contribution in [0.2, 0.25) is 0 Å². The van der Waals surface area contributed by atoms with Gasteiger partial charge in [-0.15, -0.1) is 0 Å². The number of nitrogens with zero attached hydrogens (tertiary/aromatic N) is 1. The molecule has 22 heavy (non-hydrogen) atoms. The Balaban J connectivity index is 2.13. The molecular weight excluding hydrogens is 485 g/mol. The van der Waals surface area contributed by atoms with Crippen LogP contribution in [0.4, 0.5) is 5.69 Å². The predicted octanol–water partition coefficient (Wildman–Crippen LogP) is 2.85. The molecule has 0 aromatic heterocycles. The summed E-state index contributed by atoms with van der Waals surface area (Å²) >= 11 is 5.36. The molecule has 9 heteroatoms. The van der Waals surface area contributed by atoms with Crippen molar-refractivity contribution in [3.63, 3.8) is 0 Å². The Morgan fingerprint density at radius 2 is 1.91 bits per heavy atom. The van der Waals surface area contributed by atoms with Crippen LogP contribution in [0, 0.1) is 3.57 Å². The first-order chi connectivity index (χ1) is 10.3. The highest BCUT2D eigenvalue weighted by Gasteiger charge is 2.07. The quantitative estimate of drug-likeness (QED) is 0.344. The van der Waals surface area contributed by atoms with E-state index in [2.05, 4.69) is 26.5 Å². The molecule has 2 rings (SSSR count). The second-order valence-electron chi connectivity index (χ2n) is 4.26. The molecule has 0 unspecified atom stereocenters. The third-order valence-corrected chi connectivity index (χ3v) is 4.85. The molecule has 0 saturated carbocycles. The number of benzene rings is 2. The fourth-order valence-corrected chi connectivity index (χ4v) is 3.65. The Morgan fingerprint density at radius 3 is 2.50 bits per heavy atom. The number of phenols is 1. The Bertz CT molecular complexity index is 823. The maximum Gasteiger partial charge on any atom is 0.238 e. The van der Waals surface area contributed by atoms with E-state index in [4.69, 9.17) is 5.14 Å². The Kier molecular flexibility index (Phi) is 5.42. The molecule has 0 radical (unpaired) electrons. The average molecular weight is 496 g/mol. The SMILES string of the molecule is NS(=O)(=O)c1ccc(N/N=C\c2cc(Br)cc(I)c2O)cc1. The maximum absolute atomic E-state index is 11.1. The number of anilines is 1. The summed E-state index contributed by atoms with van der Waals surface area (Å²) in [5, 5.41) is 18.9. The van der Waals surface area contributed by atoms with E-state index in [-0.39, 0.29) is 10.6 Å². The highest BCUT2D eigenvalue weighted by molar-refractivity contribution is 14.1. The number of halogens is 2. The summed E-state index contributed by atoms with van der Waals surface area (Å²) in [6, 6.07) is 9.36. The van der Waals surface area contributed by atoms with Gasteiger partial charge in [0.05, 0.1) is 20.4 Å². The first-order valence-electron chi connectivity index (χ1n) is 5.87. The highest BCUT2D eigenvalue weighted by Crippen LogP contribution is 2.27. The minimum absolute atomic E-state index is 0.0289. The van der Waals surface area contributed by atoms with Crippen molar-refractivity contribution >= 4 is 60.4 Å². The van der Waals surface area contributed by atoms with Crippen LogP contribution >= 0.6 is 38.5 Å². The summed E-state index contributed by atoms with van der Waals surface area (Å²) < 4.78 is 23.8. The number of rotatable bonds is 4. The summed E-state index contributed by atoms with van der Waals surface area (Å²) in [5.74, 6) is 0.138. The topological polar surface area (TPSA) is 105 Å². The molecule has 0 aliphatic carbocycles. The van der Waals surface area contributed by atoms with Crippen LogP contribution in [0.3, 0.4) is 0 Å². The lowest BCUT2D eigenvalue weighted by molar-refractivity contribution is 0.470. The molecule has 0 atom stereocenters. The van der Waals surface area contributed by atoms with Gasteiger partial charge in [0.1, 0.15) is 5.75 Å². The molecule has 116 valence electrons. The zero-order valence-corrected chi connectivity index (χ0v) is 15.6. The minimum Gasteiger partial charge on any atom is -0.506 e. The van der Waals surface area contributed by atoms with Crippen molar-refractivity contribution in [1.82, 2.24) is 0 Å². The molecule has 0 spiro atoms. The molecule has 0 heterocycles. The molecule has 2 aromatic carbocycles. The van der Waals surface area contributed by atoms with E-state index in [0.717, 1.165) is 4.47 Å². The average Bonchev–Trinajstić information content (AvgIpc) is 2.43. The van der Waals surface area contributed by atoms with Crippen molar-refractivity contribution in [1.29, 1.82) is 0 Å². The lowest BCUT2D eigenvalue weighted by Gasteiger charge is -2.04. The summed E-state index contributed by atoms with van der Waals surface area (Å²) in [7, 11) is -3.70. The lowest BCUT2D eigenvalue weighted by atomic mass is 10.2. The van der Waals surface area contributed by atoms with Gasteiger partial charge < -0.3 is 5.11 Å². The Morgan fingerprint density at radius 1 is 1.27 bits per heavy atom. The summed E-state index contributed by atoms with van der Waals surface area (Å²) in [5.41, 5.74) is 3.88. The number of hydrogen-bond acceptors (Lipinski definition) is 5. The van der Waals surface area contributed by atoms with Crippen LogP contribution in [0.1, 0.15) is 5.56 Å². The minimum atomic E-state index is -3.70. The second-order valence-corrected chi connectivity index (χ2v) is 7.90. The van der Waals surface area contributed by atoms with Crippen LogP contribution in [0.15, 0.2) is 50.9 Å². The van der Waals surface area contributed by atoms with Crippen LogP contribution < -0.4 is 10.6 Å². The fourth-order valence-electron chi connectivity index (χ4n) is 1.58. The number of nitrogens with two attached hydrogens (primary N) is 1. The first kappa shape index (κ1) is 17.2. The van der Waals surface area contributed by atoms with Gasteiger partial charge in [0.2, 0.25) is 10.0 Å². The van der Waals surface area contributed by atoms with E-state index in [1.807, 2.05) is 22.6 Å². The maximum atomic E-state index is 11.1. The van der Waals surface area contributed by atoms with E-state index in [9.17, 15) is 13.5 Å². The van der Waals surface area contributed by atoms with Gasteiger partial charge in [0, 0.05) is 10.0 Å². The Hall–Kier alpha value is -1.17. The van der Waals surface area contributed by atoms with E-state index in [0.29, 0.717) is 14.8 Å². The van der Waals surface area contributed by atoms with Gasteiger partial charge in [-0.25, -0.2) is 13.6 Å². The van der Waals surface area contributed by atoms with E-state index in [1.165, 1.54) is 18.3 Å². The van der Waals surface area contributed by atoms with Gasteiger partial charge in [-0.05, 0) is 59.0 Å². The number of sulfonamides is 1. The third kappa shape index (κ3) is 4.41. The van der Waals surface area contributed by atoms with Crippen molar-refractivity contribution in [3.8, 4) is 5.75 Å². The fraction of sp³-hybridized carbons (Fsp3) is 0. The van der Waals surface area contributed by atoms with Crippen LogP contribution in [0.5, 0.6) is 5.75 Å². The van der Waals surface area contributed by atoms with Crippen LogP contribution in [-0.4, -0.2) is 19.7 Å². The number of primary sulfonamides is 1. The molecule has 0 saturated heterocycles. The van der Waals surface area contributed by atoms with Gasteiger partial charge in [-0.1, -0.05) is 15.9 Å². The predicted molar refractivity (Wildman–Crippen MR) is 97.6 cm³/mol. The second kappa shape index (κ2) is 6.94. The zero-order chi connectivity index (χ0) is 16.3. The largest absolute Gasteiger partial charge is 0.506 e. The van der Waals surface area contributed by atoms with Crippen LogP contribution in [0.25, 0.3) is 0 Å².